The molecule has 3 aromatic carbocycles. The minimum atomic E-state index is 0.347. The highest BCUT2D eigenvalue weighted by Gasteiger charge is 2.22. The molecule has 0 fully saturated rings. The molecule has 4 nitrogen and oxygen atoms in total. The van der Waals surface area contributed by atoms with Crippen molar-refractivity contribution in [1.29, 1.82) is 0 Å². The zero-order chi connectivity index (χ0) is 21.5. The van der Waals surface area contributed by atoms with Crippen molar-refractivity contribution >= 4 is 45.0 Å². The summed E-state index contributed by atoms with van der Waals surface area (Å²) in [5.41, 5.74) is 3.72. The summed E-state index contributed by atoms with van der Waals surface area (Å²) in [4.78, 5) is 28.7. The van der Waals surface area contributed by atoms with Gasteiger partial charge in [-0.05, 0) is 80.2 Å². The van der Waals surface area contributed by atoms with Crippen LogP contribution in [0.3, 0.4) is 0 Å². The minimum Gasteiger partial charge on any atom is -0.211 e. The second-order valence-electron chi connectivity index (χ2n) is 7.62. The summed E-state index contributed by atoms with van der Waals surface area (Å²) < 4.78 is 0. The summed E-state index contributed by atoms with van der Waals surface area (Å²) >= 11 is 1.71. The van der Waals surface area contributed by atoms with Gasteiger partial charge in [-0.15, -0.1) is 0 Å². The van der Waals surface area contributed by atoms with Crippen LogP contribution in [0.25, 0.3) is 21.5 Å². The van der Waals surface area contributed by atoms with E-state index in [-0.39, 0.29) is 0 Å². The van der Waals surface area contributed by atoms with E-state index < -0.39 is 0 Å². The maximum atomic E-state index is 10.7. The summed E-state index contributed by atoms with van der Waals surface area (Å²) in [6.07, 6.45) is 6.18. The van der Waals surface area contributed by atoms with Gasteiger partial charge in [-0.1, -0.05) is 48.5 Å². The van der Waals surface area contributed by atoms with E-state index in [2.05, 4.69) is 46.4 Å². The number of isocyanates is 2. The van der Waals surface area contributed by atoms with E-state index in [4.69, 9.17) is 0 Å². The van der Waals surface area contributed by atoms with E-state index in [0.717, 1.165) is 30.2 Å². The quantitative estimate of drug-likeness (QED) is 0.228. The number of rotatable bonds is 4. The molecular weight excluding hydrogens is 404 g/mol. The minimum absolute atomic E-state index is 0.347. The lowest BCUT2D eigenvalue weighted by atomic mass is 9.80. The van der Waals surface area contributed by atoms with Gasteiger partial charge in [0.05, 0.1) is 13.1 Å². The van der Waals surface area contributed by atoms with Crippen LogP contribution in [-0.2, 0) is 29.0 Å². The van der Waals surface area contributed by atoms with Crippen molar-refractivity contribution in [2.75, 3.05) is 6.54 Å². The molecule has 0 radical (unpaired) electrons. The third kappa shape index (κ3) is 4.70. The van der Waals surface area contributed by atoms with Gasteiger partial charge in [-0.2, -0.15) is 11.3 Å². The fourth-order valence-corrected chi connectivity index (χ4v) is 4.89. The number of aliphatic imine (C=N–C) groups is 2. The fraction of sp³-hybridized carbons (Fsp3) is 0.231. The number of benzene rings is 3. The average molecular weight is 427 g/mol. The molecule has 5 heteroatoms. The number of carbonyl (C=O) groups excluding carboxylic acids is 2. The Morgan fingerprint density at radius 3 is 2.48 bits per heavy atom. The van der Waals surface area contributed by atoms with Crippen LogP contribution in [-0.4, -0.2) is 18.7 Å². The van der Waals surface area contributed by atoms with Crippen molar-refractivity contribution in [2.24, 2.45) is 15.9 Å². The van der Waals surface area contributed by atoms with Gasteiger partial charge in [-0.3, -0.25) is 0 Å². The number of fused-ring (bicyclic) bond motifs is 5. The van der Waals surface area contributed by atoms with Crippen molar-refractivity contribution in [3.05, 3.63) is 82.0 Å². The van der Waals surface area contributed by atoms with E-state index in [1.807, 2.05) is 29.0 Å². The molecule has 0 bridgehead atoms. The Morgan fingerprint density at radius 1 is 0.935 bits per heavy atom. The normalized spacial score (nSPS) is 14.6. The highest BCUT2D eigenvalue weighted by atomic mass is 32.1. The predicted octanol–water partition coefficient (Wildman–Crippen LogP) is 6.02. The first-order valence-electron chi connectivity index (χ1n) is 10.3. The second-order valence-corrected chi connectivity index (χ2v) is 8.44. The molecule has 31 heavy (non-hydrogen) atoms. The van der Waals surface area contributed by atoms with E-state index in [0.29, 0.717) is 19.0 Å². The highest BCUT2D eigenvalue weighted by Crippen LogP contribution is 2.37. The molecule has 0 amide bonds. The van der Waals surface area contributed by atoms with Gasteiger partial charge in [0.25, 0.3) is 0 Å². The SMILES string of the molecule is O=C=NCc1cc2ccccc2c2ccc3c(c12)CCC(CN=C=O)C3.c1ccsc1. The molecule has 1 heterocycles. The molecular formula is C26H22N2O2S. The van der Waals surface area contributed by atoms with Crippen LogP contribution < -0.4 is 0 Å². The summed E-state index contributed by atoms with van der Waals surface area (Å²) in [6, 6.07) is 18.9. The third-order valence-electron chi connectivity index (χ3n) is 5.78. The van der Waals surface area contributed by atoms with E-state index in [9.17, 15) is 9.59 Å². The van der Waals surface area contributed by atoms with Crippen LogP contribution >= 0.6 is 11.3 Å². The Bertz CT molecular complexity index is 1270. The van der Waals surface area contributed by atoms with Gasteiger partial charge in [0.15, 0.2) is 0 Å². The number of hydrogen-bond donors (Lipinski definition) is 0. The van der Waals surface area contributed by atoms with Crippen molar-refractivity contribution < 1.29 is 9.59 Å². The first-order chi connectivity index (χ1) is 15.3. The van der Waals surface area contributed by atoms with Crippen molar-refractivity contribution in [3.8, 4) is 0 Å². The monoisotopic (exact) mass is 426 g/mol. The average Bonchev–Trinajstić information content (AvgIpc) is 3.41. The molecule has 0 aliphatic heterocycles. The molecule has 154 valence electrons. The molecule has 0 saturated carbocycles. The van der Waals surface area contributed by atoms with Gasteiger partial charge in [0.2, 0.25) is 12.2 Å². The van der Waals surface area contributed by atoms with Crippen LogP contribution in [0.2, 0.25) is 0 Å². The van der Waals surface area contributed by atoms with Crippen molar-refractivity contribution in [1.82, 2.24) is 0 Å². The number of thiophene rings is 1. The third-order valence-corrected chi connectivity index (χ3v) is 6.40. The lowest BCUT2D eigenvalue weighted by Gasteiger charge is -2.25. The molecule has 5 rings (SSSR count). The van der Waals surface area contributed by atoms with Gasteiger partial charge in [0, 0.05) is 0 Å². The topological polar surface area (TPSA) is 58.9 Å². The Balaban J connectivity index is 0.000000407. The molecule has 1 atom stereocenters. The molecule has 0 N–H and O–H groups in total. The second kappa shape index (κ2) is 10.1. The Kier molecular flexibility index (Phi) is 6.81. The van der Waals surface area contributed by atoms with Crippen LogP contribution in [0.1, 0.15) is 23.1 Å². The van der Waals surface area contributed by atoms with Gasteiger partial charge < -0.3 is 0 Å². The highest BCUT2D eigenvalue weighted by molar-refractivity contribution is 7.07. The standard InChI is InChI=1S/C22H18N2O2.C4H4S/c25-13-23-11-15-5-7-20-17(9-15)6-8-21-19-4-2-1-3-16(19)10-18(22(20)21)12-24-14-26;1-2-4-5-3-1/h1-4,6,8,10,15H,5,7,9,11-12H2;1-4H. The van der Waals surface area contributed by atoms with Crippen LogP contribution in [0.15, 0.2) is 75.3 Å². The molecule has 1 aliphatic carbocycles. The van der Waals surface area contributed by atoms with Gasteiger partial charge >= 0.3 is 0 Å². The summed E-state index contributed by atoms with van der Waals surface area (Å²) in [7, 11) is 0. The first kappa shape index (κ1) is 20.9. The number of nitrogens with zero attached hydrogens (tertiary/aromatic N) is 2. The Labute approximate surface area is 185 Å². The molecule has 1 unspecified atom stereocenters. The van der Waals surface area contributed by atoms with Crippen LogP contribution in [0.5, 0.6) is 0 Å². The van der Waals surface area contributed by atoms with E-state index >= 15 is 0 Å². The van der Waals surface area contributed by atoms with Gasteiger partial charge in [0.1, 0.15) is 0 Å². The van der Waals surface area contributed by atoms with Crippen molar-refractivity contribution in [2.45, 2.75) is 25.8 Å². The summed E-state index contributed by atoms with van der Waals surface area (Å²) in [5.74, 6) is 0.387. The smallest absolute Gasteiger partial charge is 0.211 e. The molecule has 0 spiro atoms. The Morgan fingerprint density at radius 2 is 1.74 bits per heavy atom. The lowest BCUT2D eigenvalue weighted by molar-refractivity contribution is 0.468. The van der Waals surface area contributed by atoms with E-state index in [1.54, 1.807) is 23.5 Å². The summed E-state index contributed by atoms with van der Waals surface area (Å²) in [5, 5.41) is 8.89. The zero-order valence-corrected chi connectivity index (χ0v) is 17.9. The maximum Gasteiger partial charge on any atom is 0.235 e. The van der Waals surface area contributed by atoms with Gasteiger partial charge in [-0.25, -0.2) is 19.6 Å². The molecule has 1 aliphatic rings. The van der Waals surface area contributed by atoms with Crippen LogP contribution in [0, 0.1) is 5.92 Å². The molecule has 0 saturated heterocycles. The predicted molar refractivity (Wildman–Crippen MR) is 126 cm³/mol. The largest absolute Gasteiger partial charge is 0.235 e. The van der Waals surface area contributed by atoms with E-state index in [1.165, 1.54) is 27.3 Å². The zero-order valence-electron chi connectivity index (χ0n) is 17.1. The lowest BCUT2D eigenvalue weighted by Crippen LogP contribution is -2.17. The summed E-state index contributed by atoms with van der Waals surface area (Å²) in [6.45, 7) is 0.890. The first-order valence-corrected chi connectivity index (χ1v) is 11.3. The maximum absolute atomic E-state index is 10.7. The van der Waals surface area contributed by atoms with Crippen LogP contribution in [0.4, 0.5) is 0 Å². The van der Waals surface area contributed by atoms with Crippen molar-refractivity contribution in [3.63, 3.8) is 0 Å². The number of hydrogen-bond acceptors (Lipinski definition) is 5. The molecule has 1 aromatic heterocycles. The number of aryl methyl sites for hydroxylation is 1. The Hall–Kier alpha value is -3.36. The molecule has 4 aromatic rings. The fourth-order valence-electron chi connectivity index (χ4n) is 4.44.